The lowest BCUT2D eigenvalue weighted by Crippen LogP contribution is -2.27. The van der Waals surface area contributed by atoms with Crippen LogP contribution in [0.15, 0.2) is 52.1 Å². The maximum Gasteiger partial charge on any atom is 0.277 e. The quantitative estimate of drug-likeness (QED) is 0.494. The minimum absolute atomic E-state index is 0.0758. The van der Waals surface area contributed by atoms with Gasteiger partial charge in [0.25, 0.3) is 11.1 Å². The first-order chi connectivity index (χ1) is 13.5. The van der Waals surface area contributed by atoms with E-state index in [1.807, 2.05) is 30.3 Å². The van der Waals surface area contributed by atoms with Crippen molar-refractivity contribution in [2.24, 2.45) is 0 Å². The first kappa shape index (κ1) is 20.5. The Morgan fingerprint density at radius 2 is 1.96 bits per heavy atom. The van der Waals surface area contributed by atoms with Gasteiger partial charge in [-0.2, -0.15) is 0 Å². The number of nitrogens with zero attached hydrogens (tertiary/aromatic N) is 3. The van der Waals surface area contributed by atoms with Crippen LogP contribution < -0.4 is 4.74 Å². The van der Waals surface area contributed by atoms with E-state index in [-0.39, 0.29) is 11.7 Å². The Bertz CT molecular complexity index is 981. The van der Waals surface area contributed by atoms with Crippen molar-refractivity contribution >= 4 is 40.9 Å². The number of benzene rings is 2. The number of ether oxygens (including phenoxy) is 1. The molecule has 3 aromatic rings. The summed E-state index contributed by atoms with van der Waals surface area (Å²) in [6, 6.07) is 12.7. The molecule has 0 fully saturated rings. The fourth-order valence-electron chi connectivity index (χ4n) is 2.43. The second-order valence-corrected chi connectivity index (χ2v) is 7.60. The van der Waals surface area contributed by atoms with E-state index in [2.05, 4.69) is 10.2 Å². The van der Waals surface area contributed by atoms with E-state index in [0.717, 1.165) is 5.56 Å². The van der Waals surface area contributed by atoms with Crippen molar-refractivity contribution in [1.29, 1.82) is 0 Å². The fourth-order valence-corrected chi connectivity index (χ4v) is 3.46. The van der Waals surface area contributed by atoms with Gasteiger partial charge in [-0.25, -0.2) is 0 Å². The Balaban J connectivity index is 1.58. The average molecular weight is 438 g/mol. The summed E-state index contributed by atoms with van der Waals surface area (Å²) in [7, 11) is 3.30. The standard InChI is InChI=1S/C19H17Cl2N3O3S/c1-24(10-12-7-8-14(20)15(21)9-12)17(25)11-28-19-23-22-18(27-19)13-5-3-4-6-16(13)26-2/h3-9H,10-11H2,1-2H3. The summed E-state index contributed by atoms with van der Waals surface area (Å²) in [5.74, 6) is 1.08. The van der Waals surface area contributed by atoms with E-state index < -0.39 is 0 Å². The van der Waals surface area contributed by atoms with E-state index in [1.54, 1.807) is 31.2 Å². The van der Waals surface area contributed by atoms with Gasteiger partial charge in [0.1, 0.15) is 5.75 Å². The van der Waals surface area contributed by atoms with Crippen molar-refractivity contribution in [3.63, 3.8) is 0 Å². The zero-order valence-electron chi connectivity index (χ0n) is 15.2. The number of carbonyl (C=O) groups excluding carboxylic acids is 1. The van der Waals surface area contributed by atoms with E-state index in [9.17, 15) is 4.79 Å². The molecule has 9 heteroatoms. The summed E-state index contributed by atoms with van der Waals surface area (Å²) in [6.45, 7) is 0.423. The van der Waals surface area contributed by atoms with Crippen LogP contribution in [0.4, 0.5) is 0 Å². The van der Waals surface area contributed by atoms with Gasteiger partial charge in [-0.15, -0.1) is 10.2 Å². The molecule has 146 valence electrons. The van der Waals surface area contributed by atoms with Gasteiger partial charge in [-0.3, -0.25) is 4.79 Å². The molecule has 0 saturated heterocycles. The third-order valence-corrected chi connectivity index (χ3v) is 5.43. The van der Waals surface area contributed by atoms with Crippen LogP contribution in [0.5, 0.6) is 5.75 Å². The summed E-state index contributed by atoms with van der Waals surface area (Å²) in [6.07, 6.45) is 0. The number of para-hydroxylation sites is 1. The molecule has 1 aromatic heterocycles. The highest BCUT2D eigenvalue weighted by Gasteiger charge is 2.16. The van der Waals surface area contributed by atoms with Crippen molar-refractivity contribution in [3.8, 4) is 17.2 Å². The Hall–Kier alpha value is -2.22. The number of aromatic nitrogens is 2. The summed E-state index contributed by atoms with van der Waals surface area (Å²) in [4.78, 5) is 14.0. The van der Waals surface area contributed by atoms with E-state index in [0.29, 0.717) is 39.0 Å². The number of amides is 1. The molecular formula is C19H17Cl2N3O3S. The minimum atomic E-state index is -0.0758. The van der Waals surface area contributed by atoms with Crippen molar-refractivity contribution in [3.05, 3.63) is 58.1 Å². The number of halogens is 2. The molecule has 0 atom stereocenters. The van der Waals surface area contributed by atoms with Gasteiger partial charge >= 0.3 is 0 Å². The lowest BCUT2D eigenvalue weighted by Gasteiger charge is -2.17. The van der Waals surface area contributed by atoms with Crippen LogP contribution in [0.2, 0.25) is 10.0 Å². The number of thioether (sulfide) groups is 1. The molecule has 1 amide bonds. The largest absolute Gasteiger partial charge is 0.496 e. The third kappa shape index (κ3) is 4.98. The summed E-state index contributed by atoms with van der Waals surface area (Å²) < 4.78 is 10.9. The summed E-state index contributed by atoms with van der Waals surface area (Å²) in [5.41, 5.74) is 1.60. The van der Waals surface area contributed by atoms with Gasteiger partial charge in [-0.05, 0) is 29.8 Å². The monoisotopic (exact) mass is 437 g/mol. The number of hydrogen-bond acceptors (Lipinski definition) is 6. The topological polar surface area (TPSA) is 68.5 Å². The van der Waals surface area contributed by atoms with Crippen LogP contribution in [0.3, 0.4) is 0 Å². The van der Waals surface area contributed by atoms with Crippen molar-refractivity contribution in [2.75, 3.05) is 19.9 Å². The molecule has 0 aliphatic rings. The molecule has 0 bridgehead atoms. The summed E-state index contributed by atoms with van der Waals surface area (Å²) >= 11 is 13.1. The predicted octanol–water partition coefficient (Wildman–Crippen LogP) is 4.80. The maximum atomic E-state index is 12.4. The number of methoxy groups -OCH3 is 1. The van der Waals surface area contributed by atoms with Crippen LogP contribution in [-0.4, -0.2) is 40.9 Å². The van der Waals surface area contributed by atoms with Gasteiger partial charge in [-0.1, -0.05) is 53.2 Å². The molecule has 1 heterocycles. The zero-order chi connectivity index (χ0) is 20.1. The molecular weight excluding hydrogens is 421 g/mol. The van der Waals surface area contributed by atoms with Crippen LogP contribution in [0.25, 0.3) is 11.5 Å². The second kappa shape index (κ2) is 9.32. The highest BCUT2D eigenvalue weighted by atomic mass is 35.5. The molecule has 0 aliphatic carbocycles. The second-order valence-electron chi connectivity index (χ2n) is 5.86. The fraction of sp³-hybridized carbons (Fsp3) is 0.211. The van der Waals surface area contributed by atoms with Crippen LogP contribution >= 0.6 is 35.0 Å². The van der Waals surface area contributed by atoms with Gasteiger partial charge < -0.3 is 14.1 Å². The van der Waals surface area contributed by atoms with Gasteiger partial charge in [0.2, 0.25) is 5.91 Å². The number of hydrogen-bond donors (Lipinski definition) is 0. The molecule has 0 aliphatic heterocycles. The molecule has 0 saturated carbocycles. The molecule has 0 unspecified atom stereocenters. The molecule has 0 N–H and O–H groups in total. The minimum Gasteiger partial charge on any atom is -0.496 e. The Morgan fingerprint density at radius 1 is 1.18 bits per heavy atom. The smallest absolute Gasteiger partial charge is 0.277 e. The van der Waals surface area contributed by atoms with E-state index >= 15 is 0 Å². The van der Waals surface area contributed by atoms with Crippen LogP contribution in [0.1, 0.15) is 5.56 Å². The summed E-state index contributed by atoms with van der Waals surface area (Å²) in [5, 5.41) is 9.29. The first-order valence-corrected chi connectivity index (χ1v) is 9.99. The van der Waals surface area contributed by atoms with Crippen molar-refractivity contribution in [2.45, 2.75) is 11.8 Å². The number of rotatable bonds is 7. The third-order valence-electron chi connectivity index (χ3n) is 3.89. The van der Waals surface area contributed by atoms with Gasteiger partial charge in [0.15, 0.2) is 0 Å². The Morgan fingerprint density at radius 3 is 2.71 bits per heavy atom. The Kier molecular flexibility index (Phi) is 6.83. The van der Waals surface area contributed by atoms with E-state index in [1.165, 1.54) is 11.8 Å². The highest BCUT2D eigenvalue weighted by Crippen LogP contribution is 2.30. The lowest BCUT2D eigenvalue weighted by molar-refractivity contribution is -0.127. The average Bonchev–Trinajstić information content (AvgIpc) is 3.17. The van der Waals surface area contributed by atoms with Crippen LogP contribution in [0, 0.1) is 0 Å². The van der Waals surface area contributed by atoms with Crippen molar-refractivity contribution in [1.82, 2.24) is 15.1 Å². The molecule has 28 heavy (non-hydrogen) atoms. The van der Waals surface area contributed by atoms with Gasteiger partial charge in [0, 0.05) is 13.6 Å². The Labute approximate surface area is 176 Å². The predicted molar refractivity (Wildman–Crippen MR) is 110 cm³/mol. The molecule has 3 rings (SSSR count). The lowest BCUT2D eigenvalue weighted by atomic mass is 10.2. The first-order valence-electron chi connectivity index (χ1n) is 8.25. The molecule has 0 spiro atoms. The van der Waals surface area contributed by atoms with E-state index in [4.69, 9.17) is 32.4 Å². The zero-order valence-corrected chi connectivity index (χ0v) is 17.5. The van der Waals surface area contributed by atoms with Gasteiger partial charge in [0.05, 0.1) is 28.5 Å². The normalized spacial score (nSPS) is 10.7. The maximum absolute atomic E-state index is 12.4. The molecule has 0 radical (unpaired) electrons. The molecule has 2 aromatic carbocycles. The highest BCUT2D eigenvalue weighted by molar-refractivity contribution is 7.99. The van der Waals surface area contributed by atoms with Crippen molar-refractivity contribution < 1.29 is 13.9 Å². The SMILES string of the molecule is COc1ccccc1-c1nnc(SCC(=O)N(C)Cc2ccc(Cl)c(Cl)c2)o1. The number of carbonyl (C=O) groups is 1. The molecule has 6 nitrogen and oxygen atoms in total. The van der Waals surface area contributed by atoms with Crippen LogP contribution in [-0.2, 0) is 11.3 Å².